The second-order valence-corrected chi connectivity index (χ2v) is 3.36. The first kappa shape index (κ1) is 29.2. The van der Waals surface area contributed by atoms with Gasteiger partial charge in [-0.2, -0.15) is 13.2 Å². The molecule has 0 saturated carbocycles. The Kier molecular flexibility index (Phi) is 20.1. The van der Waals surface area contributed by atoms with Crippen molar-refractivity contribution >= 4 is 29.8 Å². The van der Waals surface area contributed by atoms with Gasteiger partial charge in [-0.05, 0) is 0 Å². The molecule has 0 spiro atoms. The van der Waals surface area contributed by atoms with Gasteiger partial charge in [0.05, 0.1) is 12.8 Å². The minimum absolute atomic E-state index is 0.222. The van der Waals surface area contributed by atoms with Crippen LogP contribution in [0.3, 0.4) is 0 Å². The van der Waals surface area contributed by atoms with E-state index in [1.807, 2.05) is 0 Å². The van der Waals surface area contributed by atoms with Gasteiger partial charge in [-0.1, -0.05) is 6.92 Å². The van der Waals surface area contributed by atoms with Crippen molar-refractivity contribution in [2.45, 2.75) is 39.3 Å². The van der Waals surface area contributed by atoms with Crippen molar-refractivity contribution in [2.24, 2.45) is 0 Å². The van der Waals surface area contributed by atoms with Crippen LogP contribution in [0.1, 0.15) is 33.1 Å². The molecule has 0 radical (unpaired) electrons. The lowest BCUT2D eigenvalue weighted by Crippen LogP contribution is -2.21. The van der Waals surface area contributed by atoms with Crippen molar-refractivity contribution in [3.05, 3.63) is 0 Å². The third-order valence-corrected chi connectivity index (χ3v) is 1.10. The molecular weight excluding hydrogens is 349 g/mol. The summed E-state index contributed by atoms with van der Waals surface area (Å²) in [5, 5.41) is 38.1. The lowest BCUT2D eigenvalue weighted by atomic mass is 10.3. The summed E-state index contributed by atoms with van der Waals surface area (Å²) in [7, 11) is 0. The average Bonchev–Trinajstić information content (AvgIpc) is 2.36. The van der Waals surface area contributed by atoms with E-state index in [9.17, 15) is 27.6 Å². The van der Waals surface area contributed by atoms with E-state index >= 15 is 0 Å². The molecule has 0 aromatic rings. The molecule has 0 rings (SSSR count). The van der Waals surface area contributed by atoms with Crippen molar-refractivity contribution in [3.8, 4) is 0 Å². The maximum Gasteiger partial charge on any atom is 0.490 e. The third-order valence-electron chi connectivity index (χ3n) is 1.10. The van der Waals surface area contributed by atoms with Gasteiger partial charge in [-0.25, -0.2) is 4.79 Å². The van der Waals surface area contributed by atoms with E-state index in [1.54, 1.807) is 6.92 Å². The monoisotopic (exact) mass is 366 g/mol. The highest BCUT2D eigenvalue weighted by Crippen LogP contribution is 2.13. The molecule has 0 atom stereocenters. The van der Waals surface area contributed by atoms with Gasteiger partial charge in [0.1, 0.15) is 0 Å². The number of alkyl halides is 3. The summed E-state index contributed by atoms with van der Waals surface area (Å²) in [5.74, 6) is -6.49. The molecule has 0 amide bonds. The molecule has 5 N–H and O–H groups in total. The third kappa shape index (κ3) is 61.3. The number of halogens is 3. The number of rotatable bonds is 4. The number of hydrogen-bond donors (Lipinski definition) is 5. The van der Waals surface area contributed by atoms with Crippen LogP contribution in [0.15, 0.2) is 0 Å². The smallest absolute Gasteiger partial charge is 0.481 e. The molecule has 13 heteroatoms. The fraction of sp³-hybridized carbons (Fsp3) is 0.545. The Morgan fingerprint density at radius 1 is 0.750 bits per heavy atom. The van der Waals surface area contributed by atoms with Crippen molar-refractivity contribution in [1.29, 1.82) is 0 Å². The van der Waals surface area contributed by atoms with Gasteiger partial charge < -0.3 is 25.5 Å². The van der Waals surface area contributed by atoms with E-state index in [4.69, 9.17) is 35.1 Å². The van der Waals surface area contributed by atoms with Gasteiger partial charge in [0.25, 0.3) is 5.97 Å². The van der Waals surface area contributed by atoms with E-state index in [2.05, 4.69) is 0 Å². The predicted molar refractivity (Wildman–Crippen MR) is 69.4 cm³/mol. The Hall–Kier alpha value is -2.86. The maximum atomic E-state index is 10.6. The summed E-state index contributed by atoms with van der Waals surface area (Å²) in [6.45, 7) is 2.68. The summed E-state index contributed by atoms with van der Waals surface area (Å²) >= 11 is 0. The summed E-state index contributed by atoms with van der Waals surface area (Å²) in [6.07, 6.45) is -5.45. The van der Waals surface area contributed by atoms with Gasteiger partial charge in [0.15, 0.2) is 0 Å². The maximum absolute atomic E-state index is 10.6. The zero-order valence-electron chi connectivity index (χ0n) is 12.5. The highest BCUT2D eigenvalue weighted by atomic mass is 19.4. The molecular formula is C11H17F3O10. The van der Waals surface area contributed by atoms with Crippen molar-refractivity contribution in [1.82, 2.24) is 0 Å². The Labute approximate surface area is 133 Å². The zero-order chi connectivity index (χ0) is 20.5. The number of carboxylic acids is 5. The summed E-state index contributed by atoms with van der Waals surface area (Å²) in [6, 6.07) is 0. The highest BCUT2D eigenvalue weighted by Gasteiger charge is 2.38. The highest BCUT2D eigenvalue weighted by molar-refractivity contribution is 5.75. The van der Waals surface area contributed by atoms with Gasteiger partial charge >= 0.3 is 30.1 Å². The molecule has 0 aliphatic heterocycles. The molecule has 142 valence electrons. The predicted octanol–water partition coefficient (Wildman–Crippen LogP) is 1.14. The van der Waals surface area contributed by atoms with E-state index < -0.39 is 36.0 Å². The first-order valence-corrected chi connectivity index (χ1v) is 5.72. The topological polar surface area (TPSA) is 186 Å². The van der Waals surface area contributed by atoms with Gasteiger partial charge in [0, 0.05) is 13.3 Å². The lowest BCUT2D eigenvalue weighted by molar-refractivity contribution is -0.192. The minimum Gasteiger partial charge on any atom is -0.481 e. The van der Waals surface area contributed by atoms with Gasteiger partial charge in [0.2, 0.25) is 0 Å². The molecule has 24 heavy (non-hydrogen) atoms. The largest absolute Gasteiger partial charge is 0.490 e. The van der Waals surface area contributed by atoms with E-state index in [1.165, 1.54) is 0 Å². The van der Waals surface area contributed by atoms with Crippen molar-refractivity contribution in [2.75, 3.05) is 0 Å². The van der Waals surface area contributed by atoms with Crippen LogP contribution in [-0.4, -0.2) is 61.6 Å². The Bertz CT molecular complexity index is 399. The number of carbonyl (C=O) groups is 5. The first-order chi connectivity index (χ1) is 10.6. The molecule has 0 fully saturated rings. The molecule has 0 saturated heterocycles. The molecule has 0 aromatic carbocycles. The second kappa shape index (κ2) is 16.5. The van der Waals surface area contributed by atoms with Crippen LogP contribution in [0.25, 0.3) is 0 Å². The van der Waals surface area contributed by atoms with Crippen LogP contribution >= 0.6 is 0 Å². The van der Waals surface area contributed by atoms with Crippen LogP contribution in [0.2, 0.25) is 0 Å². The molecule has 0 unspecified atom stereocenters. The van der Waals surface area contributed by atoms with E-state index in [0.717, 1.165) is 6.92 Å². The van der Waals surface area contributed by atoms with E-state index in [0.29, 0.717) is 0 Å². The number of carboxylic acid groups (broad SMARTS) is 5. The molecule has 0 aromatic heterocycles. The first-order valence-electron chi connectivity index (χ1n) is 5.72. The molecule has 0 aliphatic carbocycles. The zero-order valence-corrected chi connectivity index (χ0v) is 12.5. The van der Waals surface area contributed by atoms with Crippen molar-refractivity contribution < 1.29 is 62.7 Å². The Balaban J connectivity index is -0.000000115. The fourth-order valence-corrected chi connectivity index (χ4v) is 0.214. The fourth-order valence-electron chi connectivity index (χ4n) is 0.214. The van der Waals surface area contributed by atoms with Crippen LogP contribution in [0, 0.1) is 0 Å². The summed E-state index contributed by atoms with van der Waals surface area (Å²) in [5.41, 5.74) is 0. The van der Waals surface area contributed by atoms with Crippen LogP contribution in [0.5, 0.6) is 0 Å². The standard InChI is InChI=1S/C4H6O4.C3H6O2.C2HF3O2.C2H4O2/c5-3(6)1-2-4(7)8;1-2-3(4)5;3-2(4,5)1(6)7;1-2(3)4/h1-2H2,(H,5,6)(H,7,8);2H2,1H3,(H,4,5);(H,6,7);1H3,(H,3,4). The second-order valence-electron chi connectivity index (χ2n) is 3.36. The molecule has 10 nitrogen and oxygen atoms in total. The summed E-state index contributed by atoms with van der Waals surface area (Å²) < 4.78 is 31.7. The summed E-state index contributed by atoms with van der Waals surface area (Å²) in [4.78, 5) is 46.5. The normalized spacial score (nSPS) is 8.71. The molecule has 0 heterocycles. The molecule has 0 aliphatic rings. The van der Waals surface area contributed by atoms with Crippen LogP contribution < -0.4 is 0 Å². The van der Waals surface area contributed by atoms with Crippen molar-refractivity contribution in [3.63, 3.8) is 0 Å². The SMILES string of the molecule is CC(=O)O.CCC(=O)O.O=C(O)C(F)(F)F.O=C(O)CCC(=O)O. The van der Waals surface area contributed by atoms with Crippen LogP contribution in [-0.2, 0) is 24.0 Å². The van der Waals surface area contributed by atoms with Gasteiger partial charge in [-0.15, -0.1) is 0 Å². The van der Waals surface area contributed by atoms with Gasteiger partial charge in [-0.3, -0.25) is 19.2 Å². The van der Waals surface area contributed by atoms with Crippen LogP contribution in [0.4, 0.5) is 13.2 Å². The Morgan fingerprint density at radius 3 is 0.958 bits per heavy atom. The number of aliphatic carboxylic acids is 5. The van der Waals surface area contributed by atoms with E-state index in [-0.39, 0.29) is 19.3 Å². The Morgan fingerprint density at radius 2 is 0.917 bits per heavy atom. The quantitative estimate of drug-likeness (QED) is 0.483. The average molecular weight is 366 g/mol. The minimum atomic E-state index is -5.08. The molecule has 0 bridgehead atoms. The lowest BCUT2D eigenvalue weighted by Gasteiger charge is -1.93. The number of hydrogen-bond acceptors (Lipinski definition) is 5.